The van der Waals surface area contributed by atoms with Crippen LogP contribution in [0.1, 0.15) is 98.5 Å². The summed E-state index contributed by atoms with van der Waals surface area (Å²) in [6, 6.07) is 2.33. The molecular formula is C27H42F3NO2. The van der Waals surface area contributed by atoms with Crippen molar-refractivity contribution in [1.82, 2.24) is 0 Å². The fourth-order valence-corrected chi connectivity index (χ4v) is 3.49. The summed E-state index contributed by atoms with van der Waals surface area (Å²) in [5, 5.41) is 0. The molecule has 0 heterocycles. The zero-order valence-corrected chi connectivity index (χ0v) is 21.4. The average molecular weight is 470 g/mol. The molecule has 0 amide bonds. The van der Waals surface area contributed by atoms with E-state index in [2.05, 4.69) is 30.5 Å². The van der Waals surface area contributed by atoms with Crippen LogP contribution in [-0.4, -0.2) is 18.1 Å². The fraction of sp³-hybridized carbons (Fsp3) is 0.704. The van der Waals surface area contributed by atoms with Gasteiger partial charge in [0.05, 0.1) is 5.69 Å². The molecule has 1 aromatic carbocycles. The molecule has 1 aromatic rings. The number of aliphatic imine (C=N–C) groups is 1. The number of carbonyl (C=O) groups excluding carboxylic acids is 1. The molecule has 3 nitrogen and oxygen atoms in total. The summed E-state index contributed by atoms with van der Waals surface area (Å²) >= 11 is 0. The molecule has 2 fully saturated rings. The van der Waals surface area contributed by atoms with Crippen LogP contribution in [0.25, 0.3) is 0 Å². The van der Waals surface area contributed by atoms with Gasteiger partial charge in [0.2, 0.25) is 0 Å². The van der Waals surface area contributed by atoms with Gasteiger partial charge in [-0.15, -0.1) is 0 Å². The van der Waals surface area contributed by atoms with Crippen LogP contribution in [0, 0.1) is 30.0 Å². The van der Waals surface area contributed by atoms with Crippen LogP contribution in [0.3, 0.4) is 0 Å². The van der Waals surface area contributed by atoms with Crippen molar-refractivity contribution in [2.24, 2.45) is 22.2 Å². The molecule has 0 bridgehead atoms. The Balaban J connectivity index is 0.000000287. The lowest BCUT2D eigenvalue weighted by molar-refractivity contribution is -0.120. The first-order valence-electron chi connectivity index (χ1n) is 12.2. The lowest BCUT2D eigenvalue weighted by atomic mass is 9.82. The molecule has 0 atom stereocenters. The van der Waals surface area contributed by atoms with E-state index < -0.39 is 18.2 Å². The highest BCUT2D eigenvalue weighted by Crippen LogP contribution is 2.47. The third-order valence-corrected chi connectivity index (χ3v) is 6.41. The maximum atomic E-state index is 13.4. The number of benzene rings is 1. The normalized spacial score (nSPS) is 16.3. The number of hydrogen-bond acceptors (Lipinski definition) is 3. The van der Waals surface area contributed by atoms with Crippen molar-refractivity contribution < 1.29 is 22.7 Å². The van der Waals surface area contributed by atoms with E-state index in [1.54, 1.807) is 6.92 Å². The Morgan fingerprint density at radius 3 is 2.12 bits per heavy atom. The van der Waals surface area contributed by atoms with Crippen LogP contribution in [-0.2, 0) is 4.79 Å². The molecule has 0 aliphatic heterocycles. The van der Waals surface area contributed by atoms with Gasteiger partial charge in [0, 0.05) is 24.6 Å². The molecule has 6 heteroatoms. The van der Waals surface area contributed by atoms with Crippen molar-refractivity contribution in [3.8, 4) is 5.75 Å². The maximum absolute atomic E-state index is 13.4. The number of rotatable bonds is 8. The Labute approximate surface area is 198 Å². The topological polar surface area (TPSA) is 38.7 Å². The predicted molar refractivity (Wildman–Crippen MR) is 130 cm³/mol. The van der Waals surface area contributed by atoms with Crippen LogP contribution in [0.15, 0.2) is 17.1 Å². The van der Waals surface area contributed by atoms with Crippen molar-refractivity contribution in [3.63, 3.8) is 0 Å². The monoisotopic (exact) mass is 469 g/mol. The van der Waals surface area contributed by atoms with Crippen molar-refractivity contribution in [2.75, 3.05) is 0 Å². The van der Waals surface area contributed by atoms with Gasteiger partial charge in [0.15, 0.2) is 11.6 Å². The van der Waals surface area contributed by atoms with E-state index in [0.717, 1.165) is 36.5 Å². The van der Waals surface area contributed by atoms with Gasteiger partial charge in [-0.25, -0.2) is 4.39 Å². The Kier molecular flexibility index (Phi) is 12.2. The van der Waals surface area contributed by atoms with Gasteiger partial charge in [-0.3, -0.25) is 9.79 Å². The number of hydrogen-bond donors (Lipinski definition) is 0. The summed E-state index contributed by atoms with van der Waals surface area (Å²) in [7, 11) is 0. The first-order valence-corrected chi connectivity index (χ1v) is 12.2. The zero-order valence-electron chi connectivity index (χ0n) is 21.4. The average Bonchev–Trinajstić information content (AvgIpc) is 3.56. The second kappa shape index (κ2) is 13.8. The molecule has 188 valence electrons. The Morgan fingerprint density at radius 2 is 1.73 bits per heavy atom. The number of alkyl halides is 2. The van der Waals surface area contributed by atoms with Crippen LogP contribution in [0.2, 0.25) is 0 Å². The van der Waals surface area contributed by atoms with Crippen molar-refractivity contribution in [1.29, 1.82) is 0 Å². The minimum Gasteiger partial charge on any atom is -0.432 e. The summed E-state index contributed by atoms with van der Waals surface area (Å²) in [4.78, 5) is 15.4. The van der Waals surface area contributed by atoms with Gasteiger partial charge >= 0.3 is 6.61 Å². The largest absolute Gasteiger partial charge is 0.432 e. The number of ether oxygens (including phenoxy) is 1. The van der Waals surface area contributed by atoms with E-state index in [1.165, 1.54) is 38.2 Å². The summed E-state index contributed by atoms with van der Waals surface area (Å²) in [5.74, 6) is 1.03. The lowest BCUT2D eigenvalue weighted by Gasteiger charge is -2.22. The molecule has 33 heavy (non-hydrogen) atoms. The SMILES string of the molecule is CC1CCC1.CCC(=O)CC(C)(C)C1CC1.CCC(C)=Nc1cc(F)c(OC(F)F)cc1C. The van der Waals surface area contributed by atoms with Crippen LogP contribution >= 0.6 is 0 Å². The first-order chi connectivity index (χ1) is 15.4. The number of carbonyl (C=O) groups is 1. The van der Waals surface area contributed by atoms with E-state index in [4.69, 9.17) is 0 Å². The van der Waals surface area contributed by atoms with Gasteiger partial charge in [0.1, 0.15) is 5.78 Å². The molecule has 0 spiro atoms. The molecule has 0 unspecified atom stereocenters. The van der Waals surface area contributed by atoms with Gasteiger partial charge in [-0.05, 0) is 62.0 Å². The van der Waals surface area contributed by atoms with E-state index in [-0.39, 0.29) is 5.41 Å². The fourth-order valence-electron chi connectivity index (χ4n) is 3.49. The number of halogens is 3. The predicted octanol–water partition coefficient (Wildman–Crippen LogP) is 8.84. The molecule has 0 radical (unpaired) electrons. The highest BCUT2D eigenvalue weighted by molar-refractivity contribution is 5.84. The smallest absolute Gasteiger partial charge is 0.387 e. The van der Waals surface area contributed by atoms with Gasteiger partial charge < -0.3 is 4.74 Å². The third-order valence-electron chi connectivity index (χ3n) is 6.41. The molecule has 0 N–H and O–H groups in total. The highest BCUT2D eigenvalue weighted by Gasteiger charge is 2.38. The Bertz CT molecular complexity index is 782. The van der Waals surface area contributed by atoms with Gasteiger partial charge in [-0.1, -0.05) is 53.9 Å². The zero-order chi connectivity index (χ0) is 25.2. The maximum Gasteiger partial charge on any atom is 0.387 e. The number of nitrogens with zero attached hydrogens (tertiary/aromatic N) is 1. The van der Waals surface area contributed by atoms with Crippen molar-refractivity contribution in [3.05, 3.63) is 23.5 Å². The second-order valence-electron chi connectivity index (χ2n) is 10.0. The molecule has 2 aliphatic rings. The van der Waals surface area contributed by atoms with E-state index in [0.29, 0.717) is 23.5 Å². The number of Topliss-reactive ketones (excluding diaryl/α,β-unsaturated/α-hetero) is 1. The Hall–Kier alpha value is -1.85. The number of ketones is 1. The molecule has 0 aromatic heterocycles. The molecule has 3 rings (SSSR count). The molecule has 2 saturated carbocycles. The minimum absolute atomic E-state index is 0.285. The summed E-state index contributed by atoms with van der Waals surface area (Å²) in [6.45, 7) is 11.1. The summed E-state index contributed by atoms with van der Waals surface area (Å²) < 4.78 is 41.4. The first kappa shape index (κ1) is 29.2. The van der Waals surface area contributed by atoms with Gasteiger partial charge in [-0.2, -0.15) is 8.78 Å². The van der Waals surface area contributed by atoms with Crippen molar-refractivity contribution in [2.45, 2.75) is 106 Å². The molecule has 0 saturated heterocycles. The summed E-state index contributed by atoms with van der Waals surface area (Å²) in [6.07, 6.45) is 9.37. The minimum atomic E-state index is -3.03. The highest BCUT2D eigenvalue weighted by atomic mass is 19.3. The van der Waals surface area contributed by atoms with E-state index in [1.807, 2.05) is 20.8 Å². The molecular weight excluding hydrogens is 427 g/mol. The Morgan fingerprint density at radius 1 is 1.15 bits per heavy atom. The van der Waals surface area contributed by atoms with Crippen LogP contribution < -0.4 is 4.74 Å². The van der Waals surface area contributed by atoms with E-state index >= 15 is 0 Å². The second-order valence-corrected chi connectivity index (χ2v) is 10.0. The van der Waals surface area contributed by atoms with E-state index in [9.17, 15) is 18.0 Å². The third kappa shape index (κ3) is 11.2. The van der Waals surface area contributed by atoms with Crippen molar-refractivity contribution >= 4 is 17.2 Å². The standard InChI is InChI=1S/C12H14F3NO.C10H18O.C5H10/c1-4-8(3)16-10-6-9(13)11(5-7(10)2)17-12(14)15;1-4-9(11)7-10(2,3)8-5-6-8;1-5-3-2-4-5/h5-6,12H,4H2,1-3H3;8H,4-7H2,1-3H3;5H,2-4H2,1H3. The number of aryl methyl sites for hydroxylation is 1. The van der Waals surface area contributed by atoms with Gasteiger partial charge in [0.25, 0.3) is 0 Å². The van der Waals surface area contributed by atoms with Crippen LogP contribution in [0.4, 0.5) is 18.9 Å². The lowest BCUT2D eigenvalue weighted by Crippen LogP contribution is -2.18. The molecule has 2 aliphatic carbocycles. The van der Waals surface area contributed by atoms with Crippen LogP contribution in [0.5, 0.6) is 5.75 Å². The summed E-state index contributed by atoms with van der Waals surface area (Å²) in [5.41, 5.74) is 2.15. The quantitative estimate of drug-likeness (QED) is 0.357.